The molecule has 0 bridgehead atoms. The van der Waals surface area contributed by atoms with Gasteiger partial charge in [0.15, 0.2) is 17.8 Å². The summed E-state index contributed by atoms with van der Waals surface area (Å²) < 4.78 is 10.8. The summed E-state index contributed by atoms with van der Waals surface area (Å²) in [5, 5.41) is 14.5. The molecule has 7 heteroatoms. The summed E-state index contributed by atoms with van der Waals surface area (Å²) in [5.74, 6) is 1.14. The first-order valence-electron chi connectivity index (χ1n) is 7.54. The van der Waals surface area contributed by atoms with Gasteiger partial charge in [-0.2, -0.15) is 0 Å². The number of rotatable bonds is 3. The van der Waals surface area contributed by atoms with E-state index in [2.05, 4.69) is 5.29 Å². The molecule has 0 aromatic heterocycles. The lowest BCUT2D eigenvalue weighted by atomic mass is 9.68. The molecule has 1 N–H and O–H groups in total. The average Bonchev–Trinajstić information content (AvgIpc) is 3.17. The van der Waals surface area contributed by atoms with Crippen molar-refractivity contribution in [2.24, 2.45) is 5.29 Å². The summed E-state index contributed by atoms with van der Waals surface area (Å²) in [5.41, 5.74) is 0.758. The highest BCUT2D eigenvalue weighted by molar-refractivity contribution is 5.81. The van der Waals surface area contributed by atoms with Gasteiger partial charge in [0.25, 0.3) is 0 Å². The van der Waals surface area contributed by atoms with Gasteiger partial charge in [-0.25, -0.2) is 0 Å². The number of hydrogen-bond donors (Lipinski definition) is 1. The second kappa shape index (κ2) is 5.06. The molecule has 120 valence electrons. The van der Waals surface area contributed by atoms with Gasteiger partial charge in [-0.3, -0.25) is 9.80 Å². The van der Waals surface area contributed by atoms with Gasteiger partial charge in [0.2, 0.25) is 6.79 Å². The number of fused-ring (bicyclic) bond motifs is 2. The minimum atomic E-state index is -0.621. The fraction of sp³-hybridized carbons (Fsp3) is 0.438. The first kappa shape index (κ1) is 14.2. The number of aliphatic hydroxyl groups excluding tert-OH is 1. The summed E-state index contributed by atoms with van der Waals surface area (Å²) in [4.78, 5) is 22.7. The van der Waals surface area contributed by atoms with E-state index in [-0.39, 0.29) is 12.8 Å². The smallest absolute Gasteiger partial charge is 0.231 e. The van der Waals surface area contributed by atoms with Gasteiger partial charge in [0.1, 0.15) is 0 Å². The van der Waals surface area contributed by atoms with E-state index in [1.54, 1.807) is 12.1 Å². The number of carbonyl (C=O) groups excluding carboxylic acids is 1. The van der Waals surface area contributed by atoms with Crippen molar-refractivity contribution >= 4 is 6.29 Å². The molecule has 1 fully saturated rings. The molecule has 23 heavy (non-hydrogen) atoms. The van der Waals surface area contributed by atoms with Gasteiger partial charge >= 0.3 is 0 Å². The molecule has 7 nitrogen and oxygen atoms in total. The number of benzene rings is 1. The summed E-state index contributed by atoms with van der Waals surface area (Å²) >= 11 is 0. The lowest BCUT2D eigenvalue weighted by molar-refractivity contribution is 0.111. The largest absolute Gasteiger partial charge is 0.454 e. The minimum Gasteiger partial charge on any atom is -0.454 e. The molecule has 1 aromatic rings. The molecule has 1 saturated heterocycles. The molecule has 1 aliphatic carbocycles. The van der Waals surface area contributed by atoms with Gasteiger partial charge in [-0.1, -0.05) is 12.2 Å². The van der Waals surface area contributed by atoms with Crippen molar-refractivity contribution in [3.8, 4) is 11.5 Å². The predicted molar refractivity (Wildman–Crippen MR) is 80.3 cm³/mol. The summed E-state index contributed by atoms with van der Waals surface area (Å²) in [6.45, 7) is 0.613. The third-order valence-corrected chi connectivity index (χ3v) is 5.07. The lowest BCUT2D eigenvalue weighted by Crippen LogP contribution is -2.44. The second-order valence-electron chi connectivity index (χ2n) is 6.12. The fourth-order valence-electron chi connectivity index (χ4n) is 3.96. The molecule has 2 aliphatic heterocycles. The third-order valence-electron chi connectivity index (χ3n) is 5.07. The fourth-order valence-corrected chi connectivity index (χ4v) is 3.96. The SMILES string of the molecule is O=Cc1cc2c(cc1C13C=CC(O)CC1N(N=O)CC3)OCO2. The van der Waals surface area contributed by atoms with Crippen LogP contribution in [0.2, 0.25) is 0 Å². The van der Waals surface area contributed by atoms with E-state index in [4.69, 9.17) is 9.47 Å². The highest BCUT2D eigenvalue weighted by Gasteiger charge is 2.51. The van der Waals surface area contributed by atoms with Crippen molar-refractivity contribution in [1.82, 2.24) is 5.01 Å². The van der Waals surface area contributed by atoms with E-state index in [0.29, 0.717) is 36.4 Å². The van der Waals surface area contributed by atoms with Crippen LogP contribution in [0.15, 0.2) is 29.6 Å². The van der Waals surface area contributed by atoms with Crippen LogP contribution in [0.1, 0.15) is 28.8 Å². The maximum atomic E-state index is 11.6. The normalized spacial score (nSPS) is 31.1. The van der Waals surface area contributed by atoms with Gasteiger partial charge in [0.05, 0.1) is 17.4 Å². The molecule has 4 rings (SSSR count). The Morgan fingerprint density at radius 2 is 2.13 bits per heavy atom. The van der Waals surface area contributed by atoms with Crippen molar-refractivity contribution in [3.05, 3.63) is 40.3 Å². The number of aliphatic hydroxyl groups is 1. The molecule has 2 heterocycles. The molecular weight excluding hydrogens is 300 g/mol. The van der Waals surface area contributed by atoms with Crippen molar-refractivity contribution in [1.29, 1.82) is 0 Å². The molecule has 0 spiro atoms. The zero-order valence-electron chi connectivity index (χ0n) is 12.3. The van der Waals surface area contributed by atoms with E-state index in [1.807, 2.05) is 12.1 Å². The maximum Gasteiger partial charge on any atom is 0.231 e. The zero-order valence-corrected chi connectivity index (χ0v) is 12.3. The monoisotopic (exact) mass is 316 g/mol. The number of carbonyl (C=O) groups is 1. The Hall–Kier alpha value is -2.41. The Kier molecular flexibility index (Phi) is 3.12. The van der Waals surface area contributed by atoms with Crippen LogP contribution in [0.5, 0.6) is 11.5 Å². The third kappa shape index (κ3) is 1.96. The van der Waals surface area contributed by atoms with E-state index in [1.165, 1.54) is 5.01 Å². The molecule has 3 atom stereocenters. The number of ether oxygens (including phenoxy) is 2. The van der Waals surface area contributed by atoms with Crippen LogP contribution < -0.4 is 9.47 Å². The summed E-state index contributed by atoms with van der Waals surface area (Å²) in [7, 11) is 0. The predicted octanol–water partition coefficient (Wildman–Crippen LogP) is 1.54. The Morgan fingerprint density at radius 3 is 2.87 bits per heavy atom. The Labute approximate surface area is 132 Å². The van der Waals surface area contributed by atoms with E-state index < -0.39 is 11.5 Å². The number of aldehydes is 1. The molecule has 3 aliphatic rings. The first-order valence-corrected chi connectivity index (χ1v) is 7.54. The maximum absolute atomic E-state index is 11.6. The standard InChI is InChI=1S/C16H16N2O5/c19-8-10-5-13-14(23-9-22-13)7-12(10)16-2-1-11(20)6-15(16)18(17-21)4-3-16/h1-2,5,7-8,11,15,20H,3-4,6,9H2. The van der Waals surface area contributed by atoms with Crippen LogP contribution in [0, 0.1) is 4.91 Å². The Balaban J connectivity index is 1.89. The quantitative estimate of drug-likeness (QED) is 0.517. The number of nitrogens with zero attached hydrogens (tertiary/aromatic N) is 2. The number of nitroso groups, excluding NO2 is 1. The van der Waals surface area contributed by atoms with Crippen LogP contribution in [0.4, 0.5) is 0 Å². The van der Waals surface area contributed by atoms with Crippen molar-refractivity contribution in [2.75, 3.05) is 13.3 Å². The zero-order chi connectivity index (χ0) is 16.0. The lowest BCUT2D eigenvalue weighted by Gasteiger charge is -2.39. The summed E-state index contributed by atoms with van der Waals surface area (Å²) in [6.07, 6.45) is 4.84. The van der Waals surface area contributed by atoms with Crippen LogP contribution in [-0.4, -0.2) is 41.9 Å². The molecule has 0 radical (unpaired) electrons. The van der Waals surface area contributed by atoms with E-state index >= 15 is 0 Å². The molecule has 0 amide bonds. The number of hydrogen-bond acceptors (Lipinski definition) is 6. The van der Waals surface area contributed by atoms with Gasteiger partial charge in [-0.05, 0) is 24.1 Å². The molecule has 3 unspecified atom stereocenters. The van der Waals surface area contributed by atoms with Gasteiger partial charge in [-0.15, -0.1) is 4.91 Å². The molecule has 1 aromatic carbocycles. The van der Waals surface area contributed by atoms with E-state index in [9.17, 15) is 14.8 Å². The first-order chi connectivity index (χ1) is 11.2. The topological polar surface area (TPSA) is 88.4 Å². The highest BCUT2D eigenvalue weighted by Crippen LogP contribution is 2.49. The summed E-state index contributed by atoms with van der Waals surface area (Å²) in [6, 6.07) is 3.21. The minimum absolute atomic E-state index is 0.129. The Morgan fingerprint density at radius 1 is 1.35 bits per heavy atom. The van der Waals surface area contributed by atoms with Crippen molar-refractivity contribution in [2.45, 2.75) is 30.4 Å². The van der Waals surface area contributed by atoms with E-state index in [0.717, 1.165) is 11.8 Å². The van der Waals surface area contributed by atoms with Gasteiger partial charge < -0.3 is 14.6 Å². The second-order valence-corrected chi connectivity index (χ2v) is 6.12. The Bertz CT molecular complexity index is 704. The van der Waals surface area contributed by atoms with Gasteiger partial charge in [0, 0.05) is 23.9 Å². The van der Waals surface area contributed by atoms with Crippen molar-refractivity contribution in [3.63, 3.8) is 0 Å². The van der Waals surface area contributed by atoms with Crippen LogP contribution in [-0.2, 0) is 5.41 Å². The average molecular weight is 316 g/mol. The molecule has 0 saturated carbocycles. The highest BCUT2D eigenvalue weighted by atomic mass is 16.7. The van der Waals surface area contributed by atoms with Crippen LogP contribution in [0.25, 0.3) is 0 Å². The molecular formula is C16H16N2O5. The van der Waals surface area contributed by atoms with Crippen LogP contribution >= 0.6 is 0 Å². The van der Waals surface area contributed by atoms with Crippen LogP contribution in [0.3, 0.4) is 0 Å². The van der Waals surface area contributed by atoms with Crippen molar-refractivity contribution < 1.29 is 19.4 Å².